The van der Waals surface area contributed by atoms with Crippen LogP contribution in [-0.4, -0.2) is 16.7 Å². The van der Waals surface area contributed by atoms with Gasteiger partial charge in [0.2, 0.25) is 0 Å². The summed E-state index contributed by atoms with van der Waals surface area (Å²) in [6.07, 6.45) is 1.70. The zero-order valence-electron chi connectivity index (χ0n) is 9.95. The van der Waals surface area contributed by atoms with Crippen molar-refractivity contribution in [2.75, 3.05) is 5.32 Å². The number of allylic oxidation sites excluding steroid dienone is 2. The fraction of sp³-hybridized carbons (Fsp3) is 0.333. The van der Waals surface area contributed by atoms with E-state index in [1.54, 1.807) is 17.4 Å². The van der Waals surface area contributed by atoms with Crippen molar-refractivity contribution in [3.8, 4) is 0 Å². The first-order chi connectivity index (χ1) is 7.52. The highest BCUT2D eigenvalue weighted by Gasteiger charge is 2.06. The highest BCUT2D eigenvalue weighted by molar-refractivity contribution is 7.13. The quantitative estimate of drug-likeness (QED) is 0.793. The van der Waals surface area contributed by atoms with Crippen molar-refractivity contribution in [2.45, 2.75) is 26.8 Å². The van der Waals surface area contributed by atoms with E-state index in [1.807, 2.05) is 12.3 Å². The third-order valence-corrected chi connectivity index (χ3v) is 2.46. The molecule has 1 rings (SSSR count). The van der Waals surface area contributed by atoms with Crippen molar-refractivity contribution in [1.29, 1.82) is 0 Å². The van der Waals surface area contributed by atoms with E-state index in [2.05, 4.69) is 42.3 Å². The lowest BCUT2D eigenvalue weighted by atomic mass is 10.3. The molecule has 0 fully saturated rings. The second kappa shape index (κ2) is 5.61. The lowest BCUT2D eigenvalue weighted by Gasteiger charge is -2.04. The number of hydrogen-bond donors (Lipinski definition) is 1. The molecule has 0 spiro atoms. The van der Waals surface area contributed by atoms with Gasteiger partial charge in [0.05, 0.1) is 5.71 Å². The number of aromatic nitrogens is 1. The van der Waals surface area contributed by atoms with Crippen molar-refractivity contribution < 1.29 is 0 Å². The Bertz CT molecular complexity index is 416. The van der Waals surface area contributed by atoms with Crippen LogP contribution in [-0.2, 0) is 0 Å². The van der Waals surface area contributed by atoms with Crippen LogP contribution in [0.2, 0.25) is 0 Å². The molecule has 1 heterocycles. The van der Waals surface area contributed by atoms with E-state index in [-0.39, 0.29) is 0 Å². The average Bonchev–Trinajstić information content (AvgIpc) is 2.61. The standard InChI is InChI=1S/C12H17N3S/c1-6-10(13-8(2)3)11-7-16-12(15-11)14-9(4)5/h6-7,9H,1-2H2,3-5H3,(H,14,15). The molecule has 0 aliphatic rings. The van der Waals surface area contributed by atoms with E-state index in [4.69, 9.17) is 0 Å². The predicted molar refractivity (Wildman–Crippen MR) is 72.4 cm³/mol. The molecule has 0 radical (unpaired) electrons. The Balaban J connectivity index is 2.91. The molecule has 0 aromatic carbocycles. The van der Waals surface area contributed by atoms with Gasteiger partial charge in [0.1, 0.15) is 5.69 Å². The van der Waals surface area contributed by atoms with Crippen molar-refractivity contribution in [3.05, 3.63) is 36.0 Å². The lowest BCUT2D eigenvalue weighted by molar-refractivity contribution is 0.896. The summed E-state index contributed by atoms with van der Waals surface area (Å²) >= 11 is 1.57. The van der Waals surface area contributed by atoms with Crippen LogP contribution < -0.4 is 5.32 Å². The van der Waals surface area contributed by atoms with Gasteiger partial charge in [-0.05, 0) is 26.8 Å². The molecule has 4 heteroatoms. The van der Waals surface area contributed by atoms with Crippen LogP contribution in [0.15, 0.2) is 35.3 Å². The lowest BCUT2D eigenvalue weighted by Crippen LogP contribution is -2.09. The van der Waals surface area contributed by atoms with E-state index in [9.17, 15) is 0 Å². The average molecular weight is 235 g/mol. The van der Waals surface area contributed by atoms with Gasteiger partial charge in [0.25, 0.3) is 0 Å². The molecular weight excluding hydrogens is 218 g/mol. The summed E-state index contributed by atoms with van der Waals surface area (Å²) in [6.45, 7) is 13.5. The molecule has 0 unspecified atom stereocenters. The van der Waals surface area contributed by atoms with Crippen LogP contribution in [0.5, 0.6) is 0 Å². The van der Waals surface area contributed by atoms with E-state index < -0.39 is 0 Å². The van der Waals surface area contributed by atoms with Gasteiger partial charge < -0.3 is 5.32 Å². The van der Waals surface area contributed by atoms with E-state index in [1.165, 1.54) is 0 Å². The van der Waals surface area contributed by atoms with Crippen molar-refractivity contribution in [1.82, 2.24) is 4.98 Å². The minimum atomic E-state index is 0.379. The molecule has 0 aliphatic carbocycles. The Morgan fingerprint density at radius 1 is 1.62 bits per heavy atom. The molecule has 16 heavy (non-hydrogen) atoms. The Labute approximate surface area is 101 Å². The second-order valence-electron chi connectivity index (χ2n) is 3.77. The first kappa shape index (κ1) is 12.6. The van der Waals surface area contributed by atoms with Gasteiger partial charge in [-0.15, -0.1) is 11.3 Å². The van der Waals surface area contributed by atoms with Crippen LogP contribution in [0.4, 0.5) is 5.13 Å². The van der Waals surface area contributed by atoms with Crippen molar-refractivity contribution in [3.63, 3.8) is 0 Å². The Morgan fingerprint density at radius 2 is 2.31 bits per heavy atom. The van der Waals surface area contributed by atoms with Gasteiger partial charge in [0, 0.05) is 17.1 Å². The highest BCUT2D eigenvalue weighted by atomic mass is 32.1. The summed E-state index contributed by atoms with van der Waals surface area (Å²) < 4.78 is 0. The molecule has 0 aliphatic heterocycles. The SMILES string of the molecule is C=CC(=NC(=C)C)c1csc(NC(C)C)n1. The Kier molecular flexibility index (Phi) is 4.43. The number of nitrogens with zero attached hydrogens (tertiary/aromatic N) is 2. The molecule has 0 atom stereocenters. The largest absolute Gasteiger partial charge is 0.359 e. The molecule has 86 valence electrons. The van der Waals surface area contributed by atoms with Gasteiger partial charge in [-0.3, -0.25) is 4.99 Å². The topological polar surface area (TPSA) is 37.3 Å². The van der Waals surface area contributed by atoms with Crippen LogP contribution in [0.25, 0.3) is 0 Å². The Morgan fingerprint density at radius 3 is 2.81 bits per heavy atom. The number of nitrogens with one attached hydrogen (secondary N) is 1. The highest BCUT2D eigenvalue weighted by Crippen LogP contribution is 2.17. The number of anilines is 1. The maximum atomic E-state index is 4.44. The first-order valence-corrected chi connectivity index (χ1v) is 6.00. The predicted octanol–water partition coefficient (Wildman–Crippen LogP) is 3.47. The maximum absolute atomic E-state index is 4.44. The molecule has 0 saturated carbocycles. The molecule has 0 amide bonds. The van der Waals surface area contributed by atoms with Crippen LogP contribution in [0.3, 0.4) is 0 Å². The Hall–Kier alpha value is -1.42. The van der Waals surface area contributed by atoms with Crippen LogP contribution in [0, 0.1) is 0 Å². The smallest absolute Gasteiger partial charge is 0.183 e. The molecule has 1 aromatic heterocycles. The van der Waals surface area contributed by atoms with Crippen molar-refractivity contribution >= 4 is 22.2 Å². The third-order valence-electron chi connectivity index (χ3n) is 1.68. The van der Waals surface area contributed by atoms with Gasteiger partial charge in [-0.1, -0.05) is 13.2 Å². The first-order valence-electron chi connectivity index (χ1n) is 5.12. The zero-order valence-corrected chi connectivity index (χ0v) is 10.8. The number of thiazole rings is 1. The minimum absolute atomic E-state index is 0.379. The normalized spacial score (nSPS) is 11.6. The number of rotatable bonds is 5. The molecule has 1 aromatic rings. The number of hydrogen-bond acceptors (Lipinski definition) is 4. The minimum Gasteiger partial charge on any atom is -0.359 e. The van der Waals surface area contributed by atoms with Crippen molar-refractivity contribution in [2.24, 2.45) is 4.99 Å². The van der Waals surface area contributed by atoms with E-state index in [0.29, 0.717) is 6.04 Å². The fourth-order valence-corrected chi connectivity index (χ4v) is 1.97. The summed E-state index contributed by atoms with van der Waals surface area (Å²) in [5, 5.41) is 6.12. The van der Waals surface area contributed by atoms with Gasteiger partial charge in [-0.25, -0.2) is 4.98 Å². The summed E-state index contributed by atoms with van der Waals surface area (Å²) in [5.41, 5.74) is 2.35. The monoisotopic (exact) mass is 235 g/mol. The summed E-state index contributed by atoms with van der Waals surface area (Å²) in [6, 6.07) is 0.379. The second-order valence-corrected chi connectivity index (χ2v) is 4.63. The summed E-state index contributed by atoms with van der Waals surface area (Å²) in [5.74, 6) is 0. The molecular formula is C12H17N3S. The van der Waals surface area contributed by atoms with Gasteiger partial charge in [0.15, 0.2) is 5.13 Å². The van der Waals surface area contributed by atoms with Crippen LogP contribution in [0.1, 0.15) is 26.5 Å². The summed E-state index contributed by atoms with van der Waals surface area (Å²) in [7, 11) is 0. The van der Waals surface area contributed by atoms with E-state index >= 15 is 0 Å². The summed E-state index contributed by atoms with van der Waals surface area (Å²) in [4.78, 5) is 8.72. The van der Waals surface area contributed by atoms with E-state index in [0.717, 1.165) is 22.2 Å². The molecule has 0 bridgehead atoms. The fourth-order valence-electron chi connectivity index (χ4n) is 1.12. The van der Waals surface area contributed by atoms with Gasteiger partial charge >= 0.3 is 0 Å². The molecule has 3 nitrogen and oxygen atoms in total. The molecule has 0 saturated heterocycles. The maximum Gasteiger partial charge on any atom is 0.183 e. The molecule has 1 N–H and O–H groups in total. The van der Waals surface area contributed by atoms with Crippen LogP contribution >= 0.6 is 11.3 Å². The van der Waals surface area contributed by atoms with Gasteiger partial charge in [-0.2, -0.15) is 0 Å². The zero-order chi connectivity index (χ0) is 12.1. The number of aliphatic imine (C=N–C) groups is 1. The third kappa shape index (κ3) is 3.62.